The van der Waals surface area contributed by atoms with Crippen molar-refractivity contribution in [2.75, 3.05) is 18.4 Å². The van der Waals surface area contributed by atoms with Crippen LogP contribution in [-0.2, 0) is 21.9 Å². The number of hydrogen-bond donors (Lipinski definition) is 1. The lowest BCUT2D eigenvalue weighted by Gasteiger charge is -2.29. The molecule has 1 aliphatic heterocycles. The number of sulfonamides is 1. The summed E-state index contributed by atoms with van der Waals surface area (Å²) in [5.41, 5.74) is 1.93. The minimum Gasteiger partial charge on any atom is -0.337 e. The number of carbonyl (C=O) groups is 1. The lowest BCUT2D eigenvalue weighted by atomic mass is 9.97. The monoisotopic (exact) mass is 487 g/mol. The highest BCUT2D eigenvalue weighted by molar-refractivity contribution is 7.89. The SMILES string of the molecule is Cc1nc(S(=O)(=O)N2CCC(C(=O)Nc3nc(-c4ccccc4)c(C(C)C)s3)CC2)cn1C. The molecule has 1 amide bonds. The van der Waals surface area contributed by atoms with Crippen molar-refractivity contribution in [3.05, 3.63) is 47.2 Å². The van der Waals surface area contributed by atoms with E-state index < -0.39 is 10.0 Å². The number of benzene rings is 1. The van der Waals surface area contributed by atoms with Crippen molar-refractivity contribution < 1.29 is 13.2 Å². The van der Waals surface area contributed by atoms with Crippen molar-refractivity contribution in [1.82, 2.24) is 18.8 Å². The minimum atomic E-state index is -3.65. The van der Waals surface area contributed by atoms with Crippen LogP contribution in [0.25, 0.3) is 11.3 Å². The molecule has 0 spiro atoms. The van der Waals surface area contributed by atoms with Crippen LogP contribution in [0.3, 0.4) is 0 Å². The van der Waals surface area contributed by atoms with Crippen molar-refractivity contribution >= 4 is 32.4 Å². The Balaban J connectivity index is 1.43. The number of hydrogen-bond acceptors (Lipinski definition) is 6. The number of imidazole rings is 1. The molecule has 176 valence electrons. The van der Waals surface area contributed by atoms with E-state index in [2.05, 4.69) is 24.1 Å². The smallest absolute Gasteiger partial charge is 0.262 e. The van der Waals surface area contributed by atoms with Gasteiger partial charge in [0.25, 0.3) is 10.0 Å². The van der Waals surface area contributed by atoms with Gasteiger partial charge in [0.2, 0.25) is 5.91 Å². The summed E-state index contributed by atoms with van der Waals surface area (Å²) < 4.78 is 28.9. The Hall–Kier alpha value is -2.56. The topological polar surface area (TPSA) is 97.2 Å². The molecule has 0 radical (unpaired) electrons. The molecule has 0 saturated carbocycles. The van der Waals surface area contributed by atoms with E-state index >= 15 is 0 Å². The van der Waals surface area contributed by atoms with Gasteiger partial charge < -0.3 is 9.88 Å². The van der Waals surface area contributed by atoms with Crippen LogP contribution >= 0.6 is 11.3 Å². The summed E-state index contributed by atoms with van der Waals surface area (Å²) >= 11 is 1.50. The highest BCUT2D eigenvalue weighted by Crippen LogP contribution is 2.36. The highest BCUT2D eigenvalue weighted by atomic mass is 32.2. The molecule has 10 heteroatoms. The van der Waals surface area contributed by atoms with E-state index in [0.29, 0.717) is 36.9 Å². The van der Waals surface area contributed by atoms with Crippen LogP contribution in [0.5, 0.6) is 0 Å². The first-order valence-electron chi connectivity index (χ1n) is 11.0. The Morgan fingerprint density at radius 2 is 1.82 bits per heavy atom. The second-order valence-electron chi connectivity index (χ2n) is 8.66. The molecule has 3 heterocycles. The molecule has 1 aliphatic rings. The van der Waals surface area contributed by atoms with Gasteiger partial charge in [0.1, 0.15) is 5.82 Å². The van der Waals surface area contributed by atoms with Gasteiger partial charge in [-0.25, -0.2) is 18.4 Å². The predicted octanol–water partition coefficient (Wildman–Crippen LogP) is 4.01. The molecule has 1 saturated heterocycles. The van der Waals surface area contributed by atoms with Gasteiger partial charge >= 0.3 is 0 Å². The van der Waals surface area contributed by atoms with E-state index in [1.165, 1.54) is 21.8 Å². The van der Waals surface area contributed by atoms with Gasteiger partial charge in [-0.05, 0) is 25.7 Å². The van der Waals surface area contributed by atoms with Crippen LogP contribution in [0, 0.1) is 12.8 Å². The third-order valence-electron chi connectivity index (χ3n) is 5.97. The molecule has 4 rings (SSSR count). The number of anilines is 1. The number of aryl methyl sites for hydroxylation is 2. The number of piperidine rings is 1. The zero-order valence-electron chi connectivity index (χ0n) is 19.3. The Bertz CT molecular complexity index is 1220. The van der Waals surface area contributed by atoms with E-state index in [1.54, 1.807) is 18.5 Å². The summed E-state index contributed by atoms with van der Waals surface area (Å²) in [5.74, 6) is 0.562. The van der Waals surface area contributed by atoms with Gasteiger partial charge in [0.15, 0.2) is 10.2 Å². The van der Waals surface area contributed by atoms with E-state index in [9.17, 15) is 13.2 Å². The molecular weight excluding hydrogens is 458 g/mol. The number of rotatable bonds is 6. The van der Waals surface area contributed by atoms with Crippen molar-refractivity contribution in [2.45, 2.75) is 44.6 Å². The predicted molar refractivity (Wildman–Crippen MR) is 130 cm³/mol. The van der Waals surface area contributed by atoms with Crippen LogP contribution in [0.4, 0.5) is 5.13 Å². The van der Waals surface area contributed by atoms with Crippen molar-refractivity contribution in [2.24, 2.45) is 13.0 Å². The van der Waals surface area contributed by atoms with Gasteiger partial charge in [-0.1, -0.05) is 44.2 Å². The summed E-state index contributed by atoms with van der Waals surface area (Å²) in [6, 6.07) is 9.96. The molecule has 33 heavy (non-hydrogen) atoms. The number of nitrogens with zero attached hydrogens (tertiary/aromatic N) is 4. The Morgan fingerprint density at radius 1 is 1.15 bits per heavy atom. The number of nitrogens with one attached hydrogen (secondary N) is 1. The van der Waals surface area contributed by atoms with Gasteiger partial charge in [-0.2, -0.15) is 4.31 Å². The van der Waals surface area contributed by atoms with Crippen LogP contribution in [0.1, 0.15) is 43.3 Å². The highest BCUT2D eigenvalue weighted by Gasteiger charge is 2.34. The molecular formula is C23H29N5O3S2. The summed E-state index contributed by atoms with van der Waals surface area (Å²) in [5, 5.41) is 3.62. The van der Waals surface area contributed by atoms with E-state index in [0.717, 1.165) is 16.1 Å². The maximum absolute atomic E-state index is 12.9. The van der Waals surface area contributed by atoms with Crippen molar-refractivity contribution in [3.8, 4) is 11.3 Å². The lowest BCUT2D eigenvalue weighted by molar-refractivity contribution is -0.120. The Kier molecular flexibility index (Phi) is 6.69. The zero-order valence-corrected chi connectivity index (χ0v) is 20.9. The Labute approximate surface area is 198 Å². The fraction of sp³-hybridized carbons (Fsp3) is 0.435. The number of aromatic nitrogens is 3. The van der Waals surface area contributed by atoms with E-state index in [-0.39, 0.29) is 22.8 Å². The first-order chi connectivity index (χ1) is 15.7. The molecule has 1 N–H and O–H groups in total. The van der Waals surface area contributed by atoms with Gasteiger partial charge in [-0.3, -0.25) is 4.79 Å². The average Bonchev–Trinajstić information content (AvgIpc) is 3.38. The second kappa shape index (κ2) is 9.36. The van der Waals surface area contributed by atoms with Crippen molar-refractivity contribution in [1.29, 1.82) is 0 Å². The molecule has 1 fully saturated rings. The number of amides is 1. The summed E-state index contributed by atoms with van der Waals surface area (Å²) in [6.07, 6.45) is 2.46. The summed E-state index contributed by atoms with van der Waals surface area (Å²) in [4.78, 5) is 22.9. The van der Waals surface area contributed by atoms with Crippen LogP contribution in [-0.4, -0.2) is 46.3 Å². The normalized spacial score (nSPS) is 15.8. The standard InChI is InChI=1S/C23H29N5O3S2/c1-15(2)21-20(17-8-6-5-7-9-17)25-23(32-21)26-22(29)18-10-12-28(13-11-18)33(30,31)19-14-27(4)16(3)24-19/h5-9,14-15,18H,10-13H2,1-4H3,(H,25,26,29). The third-order valence-corrected chi connectivity index (χ3v) is 9.01. The maximum atomic E-state index is 12.9. The zero-order chi connectivity index (χ0) is 23.8. The lowest BCUT2D eigenvalue weighted by Crippen LogP contribution is -2.41. The van der Waals surface area contributed by atoms with Gasteiger partial charge in [0.05, 0.1) is 5.69 Å². The third kappa shape index (κ3) is 4.87. The van der Waals surface area contributed by atoms with E-state index in [4.69, 9.17) is 4.98 Å². The van der Waals surface area contributed by atoms with Gasteiger partial charge in [-0.15, -0.1) is 11.3 Å². The largest absolute Gasteiger partial charge is 0.337 e. The molecule has 0 atom stereocenters. The molecule has 8 nitrogen and oxygen atoms in total. The first-order valence-corrected chi connectivity index (χ1v) is 13.3. The second-order valence-corrected chi connectivity index (χ2v) is 11.6. The number of carbonyl (C=O) groups excluding carboxylic acids is 1. The maximum Gasteiger partial charge on any atom is 0.262 e. The van der Waals surface area contributed by atoms with E-state index in [1.807, 2.05) is 30.3 Å². The molecule has 1 aromatic carbocycles. The molecule has 0 unspecified atom stereocenters. The van der Waals surface area contributed by atoms with Crippen molar-refractivity contribution in [3.63, 3.8) is 0 Å². The molecule has 2 aromatic heterocycles. The Morgan fingerprint density at radius 3 is 2.39 bits per heavy atom. The van der Waals surface area contributed by atoms with Crippen LogP contribution < -0.4 is 5.32 Å². The fourth-order valence-corrected chi connectivity index (χ4v) is 6.42. The first kappa shape index (κ1) is 23.6. The minimum absolute atomic E-state index is 0.0582. The molecule has 0 bridgehead atoms. The molecule has 3 aromatic rings. The summed E-state index contributed by atoms with van der Waals surface area (Å²) in [7, 11) is -1.89. The molecule has 0 aliphatic carbocycles. The average molecular weight is 488 g/mol. The fourth-order valence-electron chi connectivity index (χ4n) is 3.93. The quantitative estimate of drug-likeness (QED) is 0.567. The van der Waals surface area contributed by atoms with Gasteiger partial charge in [0, 0.05) is 42.7 Å². The summed E-state index contributed by atoms with van der Waals surface area (Å²) in [6.45, 7) is 6.58. The van der Waals surface area contributed by atoms with Crippen LogP contribution in [0.2, 0.25) is 0 Å². The van der Waals surface area contributed by atoms with Crippen LogP contribution in [0.15, 0.2) is 41.6 Å². The number of thiazole rings is 1.